The molecule has 20 heavy (non-hydrogen) atoms. The van der Waals surface area contributed by atoms with Crippen molar-refractivity contribution < 1.29 is 14.2 Å². The molecule has 1 heterocycles. The Morgan fingerprint density at radius 1 is 1.45 bits per heavy atom. The molecule has 112 valence electrons. The Kier molecular flexibility index (Phi) is 5.21. The first kappa shape index (κ1) is 15.9. The molecule has 1 aromatic carbocycles. The Bertz CT molecular complexity index is 476. The molecule has 0 aromatic heterocycles. The predicted octanol–water partition coefficient (Wildman–Crippen LogP) is 4.58. The average molecular weight is 364 g/mol. The van der Waals surface area contributed by atoms with Crippen LogP contribution in [0.25, 0.3) is 0 Å². The molecule has 0 amide bonds. The number of hydrogen-bond acceptors (Lipinski definition) is 3. The molecule has 3 nitrogen and oxygen atoms in total. The Labute approximate surface area is 133 Å². The SMILES string of the molecule is COc1cc(CBr)cc(Cl)c1OCC1CCC(C)(C)O1. The van der Waals surface area contributed by atoms with Crippen molar-refractivity contribution >= 4 is 27.5 Å². The van der Waals surface area contributed by atoms with E-state index in [-0.39, 0.29) is 11.7 Å². The standard InChI is InChI=1S/C15H20BrClO3/c1-15(2)5-4-11(20-15)9-19-14-12(17)6-10(8-16)7-13(14)18-3/h6-7,11H,4-5,8-9H2,1-3H3. The van der Waals surface area contributed by atoms with Gasteiger partial charge in [-0.2, -0.15) is 0 Å². The maximum absolute atomic E-state index is 6.27. The van der Waals surface area contributed by atoms with E-state index >= 15 is 0 Å². The van der Waals surface area contributed by atoms with Gasteiger partial charge in [-0.25, -0.2) is 0 Å². The fourth-order valence-electron chi connectivity index (χ4n) is 2.36. The van der Waals surface area contributed by atoms with E-state index < -0.39 is 0 Å². The summed E-state index contributed by atoms with van der Waals surface area (Å²) in [6.45, 7) is 4.70. The second-order valence-corrected chi connectivity index (χ2v) is 6.56. The van der Waals surface area contributed by atoms with Crippen molar-refractivity contribution in [2.45, 2.75) is 43.7 Å². The lowest BCUT2D eigenvalue weighted by Gasteiger charge is -2.20. The van der Waals surface area contributed by atoms with Crippen LogP contribution in [0, 0.1) is 0 Å². The van der Waals surface area contributed by atoms with Crippen molar-refractivity contribution in [3.8, 4) is 11.5 Å². The van der Waals surface area contributed by atoms with E-state index in [0.29, 0.717) is 23.1 Å². The molecule has 5 heteroatoms. The lowest BCUT2D eigenvalue weighted by molar-refractivity contribution is -0.0328. The molecule has 0 aliphatic carbocycles. The maximum atomic E-state index is 6.27. The number of alkyl halides is 1. The Hall–Kier alpha value is -0.450. The molecule has 2 rings (SSSR count). The zero-order chi connectivity index (χ0) is 14.8. The summed E-state index contributed by atoms with van der Waals surface area (Å²) in [4.78, 5) is 0. The third-order valence-electron chi connectivity index (χ3n) is 3.41. The third-order valence-corrected chi connectivity index (χ3v) is 4.34. The molecular weight excluding hydrogens is 344 g/mol. The molecule has 1 aliphatic rings. The zero-order valence-electron chi connectivity index (χ0n) is 12.0. The molecule has 0 saturated carbocycles. The normalized spacial score (nSPS) is 20.9. The van der Waals surface area contributed by atoms with E-state index in [0.717, 1.165) is 23.7 Å². The highest BCUT2D eigenvalue weighted by molar-refractivity contribution is 9.08. The summed E-state index contributed by atoms with van der Waals surface area (Å²) in [5.41, 5.74) is 0.999. The molecule has 1 saturated heterocycles. The van der Waals surface area contributed by atoms with Crippen LogP contribution in [0.1, 0.15) is 32.3 Å². The monoisotopic (exact) mass is 362 g/mol. The fourth-order valence-corrected chi connectivity index (χ4v) is 2.97. The summed E-state index contributed by atoms with van der Waals surface area (Å²) in [7, 11) is 1.62. The number of ether oxygens (including phenoxy) is 3. The van der Waals surface area contributed by atoms with Gasteiger partial charge in [0.2, 0.25) is 0 Å². The molecule has 0 radical (unpaired) electrons. The first-order valence-electron chi connectivity index (χ1n) is 6.68. The second kappa shape index (κ2) is 6.54. The van der Waals surface area contributed by atoms with Crippen LogP contribution in [0.2, 0.25) is 5.02 Å². The largest absolute Gasteiger partial charge is 0.493 e. The summed E-state index contributed by atoms with van der Waals surface area (Å²) in [5.74, 6) is 1.25. The van der Waals surface area contributed by atoms with Crippen LogP contribution in [0.15, 0.2) is 12.1 Å². The van der Waals surface area contributed by atoms with Gasteiger partial charge < -0.3 is 14.2 Å². The molecule has 0 bridgehead atoms. The number of methoxy groups -OCH3 is 1. The minimum absolute atomic E-state index is 0.0538. The van der Waals surface area contributed by atoms with Crippen LogP contribution in [0.3, 0.4) is 0 Å². The van der Waals surface area contributed by atoms with Crippen LogP contribution in [-0.4, -0.2) is 25.4 Å². The van der Waals surface area contributed by atoms with Crippen molar-refractivity contribution in [3.63, 3.8) is 0 Å². The molecule has 1 fully saturated rings. The maximum Gasteiger partial charge on any atom is 0.179 e. The topological polar surface area (TPSA) is 27.7 Å². The molecule has 1 aromatic rings. The molecule has 1 atom stereocenters. The Morgan fingerprint density at radius 3 is 2.75 bits per heavy atom. The summed E-state index contributed by atoms with van der Waals surface area (Å²) in [6.07, 6.45) is 2.17. The van der Waals surface area contributed by atoms with E-state index in [9.17, 15) is 0 Å². The van der Waals surface area contributed by atoms with Gasteiger partial charge in [-0.1, -0.05) is 27.5 Å². The van der Waals surface area contributed by atoms with Gasteiger partial charge in [0, 0.05) is 5.33 Å². The van der Waals surface area contributed by atoms with Crippen molar-refractivity contribution in [1.82, 2.24) is 0 Å². The smallest absolute Gasteiger partial charge is 0.179 e. The fraction of sp³-hybridized carbons (Fsp3) is 0.600. The van der Waals surface area contributed by atoms with Gasteiger partial charge in [0.15, 0.2) is 11.5 Å². The minimum atomic E-state index is -0.0538. The number of benzene rings is 1. The van der Waals surface area contributed by atoms with Crippen LogP contribution in [-0.2, 0) is 10.1 Å². The van der Waals surface area contributed by atoms with Crippen molar-refractivity contribution in [2.75, 3.05) is 13.7 Å². The Balaban J connectivity index is 2.06. The molecule has 1 unspecified atom stereocenters. The van der Waals surface area contributed by atoms with Gasteiger partial charge in [0.25, 0.3) is 0 Å². The van der Waals surface area contributed by atoms with Crippen molar-refractivity contribution in [3.05, 3.63) is 22.7 Å². The van der Waals surface area contributed by atoms with Gasteiger partial charge in [0.1, 0.15) is 6.61 Å². The molecular formula is C15H20BrClO3. The first-order valence-corrected chi connectivity index (χ1v) is 8.18. The third kappa shape index (κ3) is 3.80. The van der Waals surface area contributed by atoms with Gasteiger partial charge in [-0.05, 0) is 44.4 Å². The summed E-state index contributed by atoms with van der Waals surface area (Å²) in [6, 6.07) is 3.81. The van der Waals surface area contributed by atoms with E-state index in [2.05, 4.69) is 29.8 Å². The van der Waals surface area contributed by atoms with Crippen LogP contribution < -0.4 is 9.47 Å². The highest BCUT2D eigenvalue weighted by Gasteiger charge is 2.32. The van der Waals surface area contributed by atoms with Crippen LogP contribution in [0.5, 0.6) is 11.5 Å². The summed E-state index contributed by atoms with van der Waals surface area (Å²) < 4.78 is 17.1. The molecule has 0 spiro atoms. The average Bonchev–Trinajstić information content (AvgIpc) is 2.76. The minimum Gasteiger partial charge on any atom is -0.493 e. The van der Waals surface area contributed by atoms with Gasteiger partial charge in [0.05, 0.1) is 23.8 Å². The highest BCUT2D eigenvalue weighted by Crippen LogP contribution is 2.38. The van der Waals surface area contributed by atoms with Crippen LogP contribution in [0.4, 0.5) is 0 Å². The summed E-state index contributed by atoms with van der Waals surface area (Å²) >= 11 is 9.68. The van der Waals surface area contributed by atoms with Crippen molar-refractivity contribution in [2.24, 2.45) is 0 Å². The van der Waals surface area contributed by atoms with Gasteiger partial charge >= 0.3 is 0 Å². The lowest BCUT2D eigenvalue weighted by Crippen LogP contribution is -2.24. The second-order valence-electron chi connectivity index (χ2n) is 5.59. The van der Waals surface area contributed by atoms with Gasteiger partial charge in [-0.3, -0.25) is 0 Å². The quantitative estimate of drug-likeness (QED) is 0.717. The lowest BCUT2D eigenvalue weighted by atomic mass is 10.1. The number of rotatable bonds is 5. The molecule has 1 aliphatic heterocycles. The van der Waals surface area contributed by atoms with E-state index in [4.69, 9.17) is 25.8 Å². The Morgan fingerprint density at radius 2 is 2.20 bits per heavy atom. The zero-order valence-corrected chi connectivity index (χ0v) is 14.4. The predicted molar refractivity (Wildman–Crippen MR) is 84.3 cm³/mol. The number of hydrogen-bond donors (Lipinski definition) is 0. The van der Waals surface area contributed by atoms with Gasteiger partial charge in [-0.15, -0.1) is 0 Å². The molecule has 0 N–H and O–H groups in total. The van der Waals surface area contributed by atoms with Crippen molar-refractivity contribution in [1.29, 1.82) is 0 Å². The highest BCUT2D eigenvalue weighted by atomic mass is 79.9. The van der Waals surface area contributed by atoms with E-state index in [1.54, 1.807) is 7.11 Å². The first-order chi connectivity index (χ1) is 9.45. The number of halogens is 2. The van der Waals surface area contributed by atoms with E-state index in [1.807, 2.05) is 12.1 Å². The summed E-state index contributed by atoms with van der Waals surface area (Å²) in [5, 5.41) is 1.29. The van der Waals surface area contributed by atoms with E-state index in [1.165, 1.54) is 0 Å². The van der Waals surface area contributed by atoms with Crippen LogP contribution >= 0.6 is 27.5 Å².